The number of benzene rings is 1. The van der Waals surface area contributed by atoms with Crippen LogP contribution in [-0.4, -0.2) is 23.7 Å². The normalized spacial score (nSPS) is 10.0. The molecule has 5 heteroatoms. The Labute approximate surface area is 104 Å². The number of hydrogen-bond acceptors (Lipinski definition) is 3. The molecule has 4 nitrogen and oxygen atoms in total. The van der Waals surface area contributed by atoms with Gasteiger partial charge >= 0.3 is 11.9 Å². The van der Waals surface area contributed by atoms with Crippen molar-refractivity contribution in [1.29, 1.82) is 0 Å². The summed E-state index contributed by atoms with van der Waals surface area (Å²) in [6.45, 7) is 1.95. The molecule has 0 aliphatic heterocycles. The van der Waals surface area contributed by atoms with Gasteiger partial charge in [-0.1, -0.05) is 23.7 Å². The zero-order valence-electron chi connectivity index (χ0n) is 9.40. The van der Waals surface area contributed by atoms with Crippen molar-refractivity contribution >= 4 is 23.5 Å². The maximum atomic E-state index is 11.7. The van der Waals surface area contributed by atoms with Gasteiger partial charge in [-0.3, -0.25) is 4.79 Å². The molecule has 0 saturated carbocycles. The summed E-state index contributed by atoms with van der Waals surface area (Å²) in [6, 6.07) is 4.95. The average Bonchev–Trinajstić information content (AvgIpc) is 2.26. The lowest BCUT2D eigenvalue weighted by atomic mass is 10.0. The molecule has 0 unspecified atom stereocenters. The molecule has 0 saturated heterocycles. The maximum Gasteiger partial charge on any atom is 0.339 e. The molecule has 0 aliphatic rings. The molecule has 1 N–H and O–H groups in total. The third kappa shape index (κ3) is 3.75. The maximum absolute atomic E-state index is 11.7. The van der Waals surface area contributed by atoms with Crippen LogP contribution < -0.4 is 0 Å². The van der Waals surface area contributed by atoms with Crippen LogP contribution in [0.1, 0.15) is 29.3 Å². The van der Waals surface area contributed by atoms with E-state index < -0.39 is 11.9 Å². The predicted molar refractivity (Wildman–Crippen MR) is 63.4 cm³/mol. The van der Waals surface area contributed by atoms with Crippen LogP contribution in [0.5, 0.6) is 0 Å². The molecule has 92 valence electrons. The molecule has 0 atom stereocenters. The van der Waals surface area contributed by atoms with Crippen molar-refractivity contribution in [2.75, 3.05) is 6.61 Å². The first-order valence-corrected chi connectivity index (χ1v) is 5.60. The summed E-state index contributed by atoms with van der Waals surface area (Å²) < 4.78 is 4.89. The van der Waals surface area contributed by atoms with Crippen LogP contribution in [0, 0.1) is 0 Å². The van der Waals surface area contributed by atoms with E-state index in [0.717, 1.165) is 0 Å². The predicted octanol–water partition coefficient (Wildman–Crippen LogP) is 2.53. The van der Waals surface area contributed by atoms with Gasteiger partial charge in [0.15, 0.2) is 0 Å². The van der Waals surface area contributed by atoms with Crippen molar-refractivity contribution in [1.82, 2.24) is 0 Å². The van der Waals surface area contributed by atoms with Crippen molar-refractivity contribution < 1.29 is 19.4 Å². The fraction of sp³-hybridized carbons (Fsp3) is 0.333. The Hall–Kier alpha value is -1.55. The van der Waals surface area contributed by atoms with E-state index in [4.69, 9.17) is 21.4 Å². The number of rotatable bonds is 5. The van der Waals surface area contributed by atoms with E-state index in [-0.39, 0.29) is 30.0 Å². The molecule has 1 aromatic rings. The first-order chi connectivity index (χ1) is 8.06. The number of ether oxygens (including phenoxy) is 1. The Balaban J connectivity index is 2.99. The van der Waals surface area contributed by atoms with E-state index in [1.54, 1.807) is 25.1 Å². The summed E-state index contributed by atoms with van der Waals surface area (Å²) in [5, 5.41) is 8.91. The molecule has 0 fully saturated rings. The molecule has 17 heavy (non-hydrogen) atoms. The van der Waals surface area contributed by atoms with Gasteiger partial charge in [0.25, 0.3) is 0 Å². The molecule has 0 heterocycles. The lowest BCUT2D eigenvalue weighted by Gasteiger charge is -2.09. The van der Waals surface area contributed by atoms with Crippen LogP contribution in [-0.2, 0) is 16.0 Å². The van der Waals surface area contributed by atoms with E-state index in [9.17, 15) is 9.59 Å². The van der Waals surface area contributed by atoms with Crippen molar-refractivity contribution in [3.8, 4) is 0 Å². The quantitative estimate of drug-likeness (QED) is 0.823. The van der Waals surface area contributed by atoms with Crippen LogP contribution in [0.25, 0.3) is 0 Å². The Morgan fingerprint density at radius 2 is 2.12 bits per heavy atom. The van der Waals surface area contributed by atoms with Gasteiger partial charge in [-0.05, 0) is 25.0 Å². The minimum absolute atomic E-state index is 0.0489. The third-order valence-electron chi connectivity index (χ3n) is 2.19. The van der Waals surface area contributed by atoms with Crippen LogP contribution in [0.3, 0.4) is 0 Å². The Bertz CT molecular complexity index is 429. The Kier molecular flexibility index (Phi) is 4.97. The molecule has 1 aromatic carbocycles. The number of carboxylic acid groups (broad SMARTS) is 1. The number of aryl methyl sites for hydroxylation is 1. The number of esters is 1. The monoisotopic (exact) mass is 256 g/mol. The largest absolute Gasteiger partial charge is 0.481 e. The van der Waals surface area contributed by atoms with E-state index in [1.165, 1.54) is 0 Å². The summed E-state index contributed by atoms with van der Waals surface area (Å²) in [4.78, 5) is 22.2. The van der Waals surface area contributed by atoms with Gasteiger partial charge in [0.05, 0.1) is 17.2 Å². The molecule has 0 aliphatic carbocycles. The summed E-state index contributed by atoms with van der Waals surface area (Å²) in [7, 11) is 0. The molecule has 0 aromatic heterocycles. The zero-order chi connectivity index (χ0) is 12.8. The number of hydrogen-bond donors (Lipinski definition) is 1. The van der Waals surface area contributed by atoms with Crippen molar-refractivity contribution in [3.63, 3.8) is 0 Å². The topological polar surface area (TPSA) is 63.6 Å². The van der Waals surface area contributed by atoms with E-state index in [2.05, 4.69) is 0 Å². The molecular weight excluding hydrogens is 244 g/mol. The highest BCUT2D eigenvalue weighted by Gasteiger charge is 2.16. The van der Waals surface area contributed by atoms with Gasteiger partial charge in [-0.2, -0.15) is 0 Å². The second-order valence-electron chi connectivity index (χ2n) is 3.39. The summed E-state index contributed by atoms with van der Waals surface area (Å²) in [5.74, 6) is -1.43. The number of carboxylic acids is 1. The van der Waals surface area contributed by atoms with E-state index in [0.29, 0.717) is 5.56 Å². The Morgan fingerprint density at radius 3 is 2.71 bits per heavy atom. The minimum Gasteiger partial charge on any atom is -0.481 e. The number of carbonyl (C=O) groups is 2. The highest BCUT2D eigenvalue weighted by Crippen LogP contribution is 2.22. The van der Waals surface area contributed by atoms with Gasteiger partial charge in [0, 0.05) is 6.42 Å². The fourth-order valence-electron chi connectivity index (χ4n) is 1.45. The van der Waals surface area contributed by atoms with Crippen LogP contribution in [0.15, 0.2) is 18.2 Å². The highest BCUT2D eigenvalue weighted by atomic mass is 35.5. The van der Waals surface area contributed by atoms with Gasteiger partial charge < -0.3 is 9.84 Å². The van der Waals surface area contributed by atoms with Crippen LogP contribution >= 0.6 is 11.6 Å². The molecule has 1 rings (SSSR count). The number of aliphatic carboxylic acids is 1. The number of carbonyl (C=O) groups excluding carboxylic acids is 1. The van der Waals surface area contributed by atoms with Crippen molar-refractivity contribution in [3.05, 3.63) is 34.3 Å². The molecule has 0 bridgehead atoms. The highest BCUT2D eigenvalue weighted by molar-refractivity contribution is 6.33. The second-order valence-corrected chi connectivity index (χ2v) is 3.80. The molecule has 0 amide bonds. The van der Waals surface area contributed by atoms with Gasteiger partial charge in [0.2, 0.25) is 0 Å². The average molecular weight is 257 g/mol. The molecular formula is C12H13ClO4. The van der Waals surface area contributed by atoms with Crippen LogP contribution in [0.2, 0.25) is 5.02 Å². The number of halogens is 1. The van der Waals surface area contributed by atoms with Crippen molar-refractivity contribution in [2.45, 2.75) is 19.8 Å². The first-order valence-electron chi connectivity index (χ1n) is 5.22. The van der Waals surface area contributed by atoms with Crippen molar-refractivity contribution in [2.24, 2.45) is 0 Å². The second kappa shape index (κ2) is 6.25. The van der Waals surface area contributed by atoms with E-state index >= 15 is 0 Å². The van der Waals surface area contributed by atoms with E-state index in [1.807, 2.05) is 0 Å². The first kappa shape index (κ1) is 13.5. The summed E-state index contributed by atoms with van der Waals surface area (Å²) in [6.07, 6.45) is 0.205. The van der Waals surface area contributed by atoms with Gasteiger partial charge in [-0.15, -0.1) is 0 Å². The fourth-order valence-corrected chi connectivity index (χ4v) is 1.72. The minimum atomic E-state index is -0.917. The summed E-state index contributed by atoms with van der Waals surface area (Å²) in [5.41, 5.74) is 0.857. The zero-order valence-corrected chi connectivity index (χ0v) is 10.2. The van der Waals surface area contributed by atoms with Gasteiger partial charge in [0.1, 0.15) is 0 Å². The standard InChI is InChI=1S/C12H13ClO4/c1-2-17-12(16)11-8(6-7-10(14)15)4-3-5-9(11)13/h3-5H,2,6-7H2,1H3,(H,14,15). The summed E-state index contributed by atoms with van der Waals surface area (Å²) >= 11 is 5.93. The Morgan fingerprint density at radius 1 is 1.41 bits per heavy atom. The third-order valence-corrected chi connectivity index (χ3v) is 2.50. The smallest absolute Gasteiger partial charge is 0.339 e. The molecule has 0 spiro atoms. The lowest BCUT2D eigenvalue weighted by molar-refractivity contribution is -0.136. The molecule has 0 radical (unpaired) electrons. The lowest BCUT2D eigenvalue weighted by Crippen LogP contribution is -2.10. The van der Waals surface area contributed by atoms with Crippen LogP contribution in [0.4, 0.5) is 0 Å². The van der Waals surface area contributed by atoms with Gasteiger partial charge in [-0.25, -0.2) is 4.79 Å². The SMILES string of the molecule is CCOC(=O)c1c(Cl)cccc1CCC(=O)O.